The number of piperidine rings is 1. The smallest absolute Gasteiger partial charge is 0.254 e. The number of hydrogen-bond donors (Lipinski definition) is 1. The lowest BCUT2D eigenvalue weighted by molar-refractivity contribution is 0.0600. The van der Waals surface area contributed by atoms with Crippen LogP contribution < -0.4 is 5.32 Å². The van der Waals surface area contributed by atoms with Crippen molar-refractivity contribution in [2.24, 2.45) is 0 Å². The van der Waals surface area contributed by atoms with Crippen LogP contribution in [0.1, 0.15) is 60.5 Å². The first-order valence-corrected chi connectivity index (χ1v) is 8.43. The summed E-state index contributed by atoms with van der Waals surface area (Å²) in [4.78, 5) is 15.0. The Bertz CT molecular complexity index is 510. The normalized spacial score (nSPS) is 22.0. The van der Waals surface area contributed by atoms with Crippen molar-refractivity contribution < 1.29 is 4.79 Å². The largest absolute Gasteiger partial charge is 0.336 e. The summed E-state index contributed by atoms with van der Waals surface area (Å²) in [6.45, 7) is 5.08. The Morgan fingerprint density at radius 2 is 2.24 bits per heavy atom. The summed E-state index contributed by atoms with van der Waals surface area (Å²) in [6.07, 6.45) is 6.96. The molecule has 2 heterocycles. The maximum absolute atomic E-state index is 12.9. The second-order valence-electron chi connectivity index (χ2n) is 6.35. The number of carbonyl (C=O) groups is 1. The zero-order chi connectivity index (χ0) is 14.7. The van der Waals surface area contributed by atoms with E-state index in [0.717, 1.165) is 50.9 Å². The van der Waals surface area contributed by atoms with E-state index in [1.165, 1.54) is 24.0 Å². The highest BCUT2D eigenvalue weighted by molar-refractivity contribution is 5.94. The van der Waals surface area contributed by atoms with Gasteiger partial charge < -0.3 is 10.2 Å². The molecule has 1 fully saturated rings. The third kappa shape index (κ3) is 3.13. The second-order valence-corrected chi connectivity index (χ2v) is 6.35. The van der Waals surface area contributed by atoms with E-state index in [1.54, 1.807) is 0 Å². The van der Waals surface area contributed by atoms with Crippen molar-refractivity contribution in [1.82, 2.24) is 10.2 Å². The van der Waals surface area contributed by atoms with Crippen LogP contribution in [-0.2, 0) is 13.0 Å². The van der Waals surface area contributed by atoms with Crippen LogP contribution in [0.2, 0.25) is 0 Å². The van der Waals surface area contributed by atoms with Crippen LogP contribution >= 0.6 is 0 Å². The fourth-order valence-electron chi connectivity index (χ4n) is 3.68. The van der Waals surface area contributed by atoms with Crippen LogP contribution in [0.25, 0.3) is 0 Å². The molecular weight excluding hydrogens is 260 g/mol. The molecule has 3 nitrogen and oxygen atoms in total. The highest BCUT2D eigenvalue weighted by Crippen LogP contribution is 2.24. The number of fused-ring (bicyclic) bond motifs is 1. The molecule has 1 unspecified atom stereocenters. The van der Waals surface area contributed by atoms with Crippen LogP contribution in [0, 0.1) is 0 Å². The van der Waals surface area contributed by atoms with Crippen LogP contribution in [0.15, 0.2) is 18.2 Å². The van der Waals surface area contributed by atoms with Crippen molar-refractivity contribution in [3.05, 3.63) is 34.9 Å². The molecule has 0 radical (unpaired) electrons. The van der Waals surface area contributed by atoms with Gasteiger partial charge in [-0.3, -0.25) is 4.79 Å². The summed E-state index contributed by atoms with van der Waals surface area (Å²) in [5.41, 5.74) is 3.57. The van der Waals surface area contributed by atoms with Gasteiger partial charge in [-0.25, -0.2) is 0 Å². The number of hydrogen-bond acceptors (Lipinski definition) is 2. The molecule has 0 bridgehead atoms. The Kier molecular flexibility index (Phi) is 4.59. The standard InChI is InChI=1S/C18H26N2O/c1-2-5-17-6-3-4-11-20(17)18(21)15-8-7-14-9-10-19-13-16(14)12-15/h7-8,12,17,19H,2-6,9-11,13H2,1H3. The second kappa shape index (κ2) is 6.61. The molecule has 2 aliphatic rings. The van der Waals surface area contributed by atoms with Gasteiger partial charge >= 0.3 is 0 Å². The highest BCUT2D eigenvalue weighted by Gasteiger charge is 2.27. The first kappa shape index (κ1) is 14.6. The van der Waals surface area contributed by atoms with Gasteiger partial charge in [0, 0.05) is 24.7 Å². The molecule has 0 saturated carbocycles. The molecule has 21 heavy (non-hydrogen) atoms. The van der Waals surface area contributed by atoms with E-state index in [4.69, 9.17) is 0 Å². The van der Waals surface area contributed by atoms with Gasteiger partial charge in [0.15, 0.2) is 0 Å². The third-order valence-corrected chi connectivity index (χ3v) is 4.85. The number of amides is 1. The molecule has 2 aliphatic heterocycles. The van der Waals surface area contributed by atoms with E-state index in [2.05, 4.69) is 29.3 Å². The van der Waals surface area contributed by atoms with Crippen molar-refractivity contribution in [2.75, 3.05) is 13.1 Å². The average Bonchev–Trinajstić information content (AvgIpc) is 2.54. The minimum Gasteiger partial charge on any atom is -0.336 e. The first-order valence-electron chi connectivity index (χ1n) is 8.43. The molecule has 3 heteroatoms. The van der Waals surface area contributed by atoms with Crippen molar-refractivity contribution >= 4 is 5.91 Å². The molecule has 1 atom stereocenters. The van der Waals surface area contributed by atoms with Gasteiger partial charge in [0.25, 0.3) is 5.91 Å². The maximum atomic E-state index is 12.9. The molecule has 3 rings (SSSR count). The zero-order valence-electron chi connectivity index (χ0n) is 13.0. The fraction of sp³-hybridized carbons (Fsp3) is 0.611. The monoisotopic (exact) mass is 286 g/mol. The van der Waals surface area contributed by atoms with Crippen molar-refractivity contribution in [1.29, 1.82) is 0 Å². The Hall–Kier alpha value is -1.35. The molecule has 0 spiro atoms. The van der Waals surface area contributed by atoms with Gasteiger partial charge in [0.1, 0.15) is 0 Å². The molecule has 1 saturated heterocycles. The molecule has 1 amide bonds. The van der Waals surface area contributed by atoms with Crippen LogP contribution in [0.3, 0.4) is 0 Å². The topological polar surface area (TPSA) is 32.3 Å². The molecule has 0 aromatic heterocycles. The summed E-state index contributed by atoms with van der Waals surface area (Å²) in [5.74, 6) is 0.238. The molecular formula is C18H26N2O. The van der Waals surface area contributed by atoms with Crippen molar-refractivity contribution in [3.8, 4) is 0 Å². The van der Waals surface area contributed by atoms with Gasteiger partial charge in [0.05, 0.1) is 0 Å². The summed E-state index contributed by atoms with van der Waals surface area (Å²) in [7, 11) is 0. The number of rotatable bonds is 3. The Morgan fingerprint density at radius 3 is 3.10 bits per heavy atom. The Morgan fingerprint density at radius 1 is 1.33 bits per heavy atom. The number of benzene rings is 1. The Balaban J connectivity index is 1.80. The molecule has 1 aromatic carbocycles. The van der Waals surface area contributed by atoms with Gasteiger partial charge in [0.2, 0.25) is 0 Å². The lowest BCUT2D eigenvalue weighted by atomic mass is 9.95. The van der Waals surface area contributed by atoms with E-state index in [0.29, 0.717) is 6.04 Å². The average molecular weight is 286 g/mol. The summed E-state index contributed by atoms with van der Waals surface area (Å²) in [5, 5.41) is 3.39. The number of carbonyl (C=O) groups excluding carboxylic acids is 1. The van der Waals surface area contributed by atoms with Gasteiger partial charge in [-0.15, -0.1) is 0 Å². The van der Waals surface area contributed by atoms with Crippen LogP contribution in [-0.4, -0.2) is 29.9 Å². The van der Waals surface area contributed by atoms with Gasteiger partial charge in [-0.2, -0.15) is 0 Å². The fourth-order valence-corrected chi connectivity index (χ4v) is 3.68. The third-order valence-electron chi connectivity index (χ3n) is 4.85. The SMILES string of the molecule is CCCC1CCCCN1C(=O)c1ccc2c(c1)CNCC2. The van der Waals surface area contributed by atoms with E-state index in [1.807, 2.05) is 6.07 Å². The number of nitrogens with one attached hydrogen (secondary N) is 1. The highest BCUT2D eigenvalue weighted by atomic mass is 16.2. The van der Waals surface area contributed by atoms with Gasteiger partial charge in [-0.1, -0.05) is 19.4 Å². The number of nitrogens with zero attached hydrogens (tertiary/aromatic N) is 1. The molecule has 114 valence electrons. The minimum atomic E-state index is 0.238. The molecule has 1 aromatic rings. The van der Waals surface area contributed by atoms with Crippen molar-refractivity contribution in [2.45, 2.75) is 58.0 Å². The Labute approximate surface area is 127 Å². The van der Waals surface area contributed by atoms with E-state index >= 15 is 0 Å². The summed E-state index contributed by atoms with van der Waals surface area (Å²) >= 11 is 0. The number of likely N-dealkylation sites (tertiary alicyclic amines) is 1. The zero-order valence-corrected chi connectivity index (χ0v) is 13.0. The van der Waals surface area contributed by atoms with E-state index < -0.39 is 0 Å². The predicted molar refractivity (Wildman–Crippen MR) is 85.4 cm³/mol. The van der Waals surface area contributed by atoms with Crippen molar-refractivity contribution in [3.63, 3.8) is 0 Å². The van der Waals surface area contributed by atoms with Gasteiger partial charge in [-0.05, 0) is 61.9 Å². The first-order chi connectivity index (χ1) is 10.3. The predicted octanol–water partition coefficient (Wildman–Crippen LogP) is 3.13. The van der Waals surface area contributed by atoms with E-state index in [-0.39, 0.29) is 5.91 Å². The summed E-state index contributed by atoms with van der Waals surface area (Å²) in [6, 6.07) is 6.75. The van der Waals surface area contributed by atoms with Crippen LogP contribution in [0.4, 0.5) is 0 Å². The summed E-state index contributed by atoms with van der Waals surface area (Å²) < 4.78 is 0. The quantitative estimate of drug-likeness (QED) is 0.926. The maximum Gasteiger partial charge on any atom is 0.254 e. The minimum absolute atomic E-state index is 0.238. The van der Waals surface area contributed by atoms with Crippen LogP contribution in [0.5, 0.6) is 0 Å². The van der Waals surface area contributed by atoms with E-state index in [9.17, 15) is 4.79 Å². The lowest BCUT2D eigenvalue weighted by Gasteiger charge is -2.36. The molecule has 0 aliphatic carbocycles. The molecule has 1 N–H and O–H groups in total. The lowest BCUT2D eigenvalue weighted by Crippen LogP contribution is -2.43.